The summed E-state index contributed by atoms with van der Waals surface area (Å²) in [5, 5.41) is 0.218. The van der Waals surface area contributed by atoms with Crippen LogP contribution in [0, 0.1) is 12.7 Å². The molecule has 2 aromatic rings. The zero-order chi connectivity index (χ0) is 14.9. The highest BCUT2D eigenvalue weighted by Crippen LogP contribution is 2.25. The highest BCUT2D eigenvalue weighted by Gasteiger charge is 2.19. The van der Waals surface area contributed by atoms with Gasteiger partial charge < -0.3 is 5.73 Å². The van der Waals surface area contributed by atoms with Crippen molar-refractivity contribution in [1.82, 2.24) is 0 Å². The van der Waals surface area contributed by atoms with E-state index in [-0.39, 0.29) is 10.7 Å². The Kier molecular flexibility index (Phi) is 3.87. The molecule has 0 heterocycles. The first-order valence-corrected chi connectivity index (χ1v) is 7.50. The van der Waals surface area contributed by atoms with Crippen molar-refractivity contribution in [2.75, 3.05) is 10.5 Å². The maximum Gasteiger partial charge on any atom is 0.264 e. The van der Waals surface area contributed by atoms with E-state index in [1.807, 2.05) is 0 Å². The highest BCUT2D eigenvalue weighted by molar-refractivity contribution is 7.92. The summed E-state index contributed by atoms with van der Waals surface area (Å²) in [7, 11) is -4.02. The van der Waals surface area contributed by atoms with Crippen LogP contribution in [0.5, 0.6) is 0 Å². The number of hydrogen-bond acceptors (Lipinski definition) is 3. The molecular formula is C13H12ClFN2O2S. The Labute approximate surface area is 121 Å². The summed E-state index contributed by atoms with van der Waals surface area (Å²) >= 11 is 5.81. The minimum absolute atomic E-state index is 0.213. The van der Waals surface area contributed by atoms with E-state index < -0.39 is 20.7 Å². The van der Waals surface area contributed by atoms with Crippen LogP contribution in [0.4, 0.5) is 15.8 Å². The Morgan fingerprint density at radius 1 is 1.20 bits per heavy atom. The minimum atomic E-state index is -4.02. The van der Waals surface area contributed by atoms with Crippen molar-refractivity contribution >= 4 is 33.0 Å². The normalized spacial score (nSPS) is 11.3. The molecule has 0 aliphatic carbocycles. The number of nitrogens with two attached hydrogens (primary N) is 1. The second-order valence-electron chi connectivity index (χ2n) is 4.28. The second-order valence-corrected chi connectivity index (χ2v) is 6.33. The summed E-state index contributed by atoms with van der Waals surface area (Å²) in [4.78, 5) is -0.412. The number of halogens is 2. The van der Waals surface area contributed by atoms with Gasteiger partial charge in [-0.15, -0.1) is 0 Å². The first kappa shape index (κ1) is 14.6. The van der Waals surface area contributed by atoms with Crippen LogP contribution in [0.15, 0.2) is 41.3 Å². The van der Waals surface area contributed by atoms with Crippen LogP contribution in [0.1, 0.15) is 5.56 Å². The summed E-state index contributed by atoms with van der Waals surface area (Å²) in [5.74, 6) is -0.815. The largest absolute Gasteiger partial charge is 0.398 e. The van der Waals surface area contributed by atoms with Crippen LogP contribution >= 0.6 is 11.6 Å². The van der Waals surface area contributed by atoms with Crippen molar-refractivity contribution < 1.29 is 12.8 Å². The zero-order valence-electron chi connectivity index (χ0n) is 10.5. The van der Waals surface area contributed by atoms with Gasteiger partial charge in [-0.05, 0) is 42.8 Å². The third-order valence-corrected chi connectivity index (χ3v) is 4.35. The fourth-order valence-electron chi connectivity index (χ4n) is 1.62. The first-order valence-electron chi connectivity index (χ1n) is 5.63. The van der Waals surface area contributed by atoms with E-state index in [0.717, 1.165) is 6.07 Å². The number of sulfonamides is 1. The van der Waals surface area contributed by atoms with Gasteiger partial charge in [-0.2, -0.15) is 0 Å². The Hall–Kier alpha value is -1.79. The lowest BCUT2D eigenvalue weighted by atomic mass is 10.2. The van der Waals surface area contributed by atoms with Gasteiger partial charge in [0.1, 0.15) is 10.7 Å². The average molecular weight is 315 g/mol. The number of hydrogen-bond donors (Lipinski definition) is 2. The Bertz CT molecular complexity index is 763. The van der Waals surface area contributed by atoms with Crippen LogP contribution in [-0.4, -0.2) is 8.42 Å². The molecule has 0 unspecified atom stereocenters. The van der Waals surface area contributed by atoms with E-state index in [9.17, 15) is 12.8 Å². The molecule has 2 aromatic carbocycles. The molecule has 7 heteroatoms. The molecule has 0 aromatic heterocycles. The predicted octanol–water partition coefficient (Wildman–Crippen LogP) is 3.17. The molecule has 0 spiro atoms. The number of anilines is 2. The summed E-state index contributed by atoms with van der Waals surface area (Å²) in [6.45, 7) is 1.68. The van der Waals surface area contributed by atoms with Gasteiger partial charge in [0.15, 0.2) is 0 Å². The van der Waals surface area contributed by atoms with Crippen molar-refractivity contribution in [3.05, 3.63) is 52.8 Å². The Morgan fingerprint density at radius 2 is 1.90 bits per heavy atom. The molecule has 0 saturated carbocycles. The zero-order valence-corrected chi connectivity index (χ0v) is 12.1. The SMILES string of the molecule is Cc1ccc(F)c(S(=O)(=O)Nc2ccc(N)c(Cl)c2)c1. The molecular weight excluding hydrogens is 303 g/mol. The van der Waals surface area contributed by atoms with Gasteiger partial charge in [-0.25, -0.2) is 12.8 Å². The molecule has 20 heavy (non-hydrogen) atoms. The van der Waals surface area contributed by atoms with Gasteiger partial charge in [-0.1, -0.05) is 17.7 Å². The van der Waals surface area contributed by atoms with Crippen LogP contribution < -0.4 is 10.5 Å². The van der Waals surface area contributed by atoms with Crippen molar-refractivity contribution in [3.8, 4) is 0 Å². The lowest BCUT2D eigenvalue weighted by Gasteiger charge is -2.10. The summed E-state index contributed by atoms with van der Waals surface area (Å²) in [6.07, 6.45) is 0. The number of nitrogen functional groups attached to an aromatic ring is 1. The van der Waals surface area contributed by atoms with E-state index in [1.165, 1.54) is 30.3 Å². The molecule has 0 atom stereocenters. The molecule has 0 radical (unpaired) electrons. The molecule has 0 fully saturated rings. The van der Waals surface area contributed by atoms with Gasteiger partial charge in [0.25, 0.3) is 10.0 Å². The summed E-state index contributed by atoms with van der Waals surface area (Å²) in [6, 6.07) is 8.15. The van der Waals surface area contributed by atoms with E-state index in [2.05, 4.69) is 4.72 Å². The molecule has 0 aliphatic rings. The fraction of sp³-hybridized carbons (Fsp3) is 0.0769. The number of aryl methyl sites for hydroxylation is 1. The molecule has 0 saturated heterocycles. The highest BCUT2D eigenvalue weighted by atomic mass is 35.5. The molecule has 0 bridgehead atoms. The molecule has 4 nitrogen and oxygen atoms in total. The Balaban J connectivity index is 2.40. The number of rotatable bonds is 3. The van der Waals surface area contributed by atoms with Crippen LogP contribution in [0.3, 0.4) is 0 Å². The van der Waals surface area contributed by atoms with Crippen LogP contribution in [0.2, 0.25) is 5.02 Å². The van der Waals surface area contributed by atoms with Gasteiger partial charge in [0.2, 0.25) is 0 Å². The van der Waals surface area contributed by atoms with Gasteiger partial charge in [0, 0.05) is 0 Å². The van der Waals surface area contributed by atoms with E-state index in [1.54, 1.807) is 6.92 Å². The molecule has 106 valence electrons. The molecule has 3 N–H and O–H groups in total. The summed E-state index contributed by atoms with van der Waals surface area (Å²) < 4.78 is 40.2. The quantitative estimate of drug-likeness (QED) is 0.855. The molecule has 0 amide bonds. The minimum Gasteiger partial charge on any atom is -0.398 e. The van der Waals surface area contributed by atoms with Gasteiger partial charge in [0.05, 0.1) is 16.4 Å². The number of nitrogens with one attached hydrogen (secondary N) is 1. The fourth-order valence-corrected chi connectivity index (χ4v) is 3.01. The monoisotopic (exact) mass is 314 g/mol. The summed E-state index contributed by atoms with van der Waals surface area (Å²) in [5.41, 5.74) is 6.72. The third-order valence-electron chi connectivity index (χ3n) is 2.63. The lowest BCUT2D eigenvalue weighted by molar-refractivity contribution is 0.570. The maximum atomic E-state index is 13.6. The average Bonchev–Trinajstić information content (AvgIpc) is 2.36. The number of benzene rings is 2. The van der Waals surface area contributed by atoms with Crippen LogP contribution in [-0.2, 0) is 10.0 Å². The molecule has 0 aliphatic heterocycles. The maximum absolute atomic E-state index is 13.6. The van der Waals surface area contributed by atoms with Crippen molar-refractivity contribution in [1.29, 1.82) is 0 Å². The van der Waals surface area contributed by atoms with Crippen molar-refractivity contribution in [2.24, 2.45) is 0 Å². The topological polar surface area (TPSA) is 72.2 Å². The lowest BCUT2D eigenvalue weighted by Crippen LogP contribution is -2.14. The van der Waals surface area contributed by atoms with Crippen LogP contribution in [0.25, 0.3) is 0 Å². The molecule has 2 rings (SSSR count). The van der Waals surface area contributed by atoms with E-state index in [0.29, 0.717) is 11.3 Å². The second kappa shape index (κ2) is 5.30. The van der Waals surface area contributed by atoms with E-state index in [4.69, 9.17) is 17.3 Å². The van der Waals surface area contributed by atoms with Gasteiger partial charge in [-0.3, -0.25) is 4.72 Å². The smallest absolute Gasteiger partial charge is 0.264 e. The third kappa shape index (κ3) is 3.02. The first-order chi connectivity index (χ1) is 9.29. The Morgan fingerprint density at radius 3 is 2.55 bits per heavy atom. The van der Waals surface area contributed by atoms with Gasteiger partial charge >= 0.3 is 0 Å². The van der Waals surface area contributed by atoms with Crippen molar-refractivity contribution in [2.45, 2.75) is 11.8 Å². The van der Waals surface area contributed by atoms with Crippen molar-refractivity contribution in [3.63, 3.8) is 0 Å². The standard InChI is InChI=1S/C13H12ClFN2O2S/c1-8-2-4-11(15)13(6-8)20(18,19)17-9-3-5-12(16)10(14)7-9/h2-7,17H,16H2,1H3. The van der Waals surface area contributed by atoms with E-state index >= 15 is 0 Å². The predicted molar refractivity (Wildman–Crippen MR) is 77.8 cm³/mol.